The van der Waals surface area contributed by atoms with Crippen molar-refractivity contribution < 1.29 is 4.39 Å². The Kier molecular flexibility index (Phi) is 3.27. The Hall–Kier alpha value is -1.79. The van der Waals surface area contributed by atoms with Gasteiger partial charge in [0.05, 0.1) is 11.9 Å². The molecule has 0 aliphatic heterocycles. The summed E-state index contributed by atoms with van der Waals surface area (Å²) in [6.45, 7) is 1.92. The van der Waals surface area contributed by atoms with Gasteiger partial charge in [0, 0.05) is 15.5 Å². The lowest BCUT2D eigenvalue weighted by atomic mass is 10.2. The summed E-state index contributed by atoms with van der Waals surface area (Å²) in [5.41, 5.74) is 4.52. The first kappa shape index (κ1) is 12.3. The van der Waals surface area contributed by atoms with Gasteiger partial charge in [0.15, 0.2) is 0 Å². The van der Waals surface area contributed by atoms with Crippen LogP contribution in [0.25, 0.3) is 10.1 Å². The SMILES string of the molecule is Cc1csc(NN=Cc2cc(F)c3ccsc3c2)n1. The summed E-state index contributed by atoms with van der Waals surface area (Å²) in [6, 6.07) is 5.18. The van der Waals surface area contributed by atoms with Gasteiger partial charge in [-0.15, -0.1) is 22.7 Å². The molecule has 0 amide bonds. The minimum absolute atomic E-state index is 0.217. The zero-order chi connectivity index (χ0) is 13.2. The molecule has 0 aliphatic carbocycles. The summed E-state index contributed by atoms with van der Waals surface area (Å²) in [5.74, 6) is -0.217. The maximum absolute atomic E-state index is 13.7. The van der Waals surface area contributed by atoms with Gasteiger partial charge in [-0.05, 0) is 36.1 Å². The van der Waals surface area contributed by atoms with Crippen molar-refractivity contribution >= 4 is 44.1 Å². The van der Waals surface area contributed by atoms with Crippen molar-refractivity contribution in [3.05, 3.63) is 46.0 Å². The predicted molar refractivity (Wildman–Crippen MR) is 79.9 cm³/mol. The van der Waals surface area contributed by atoms with Crippen LogP contribution < -0.4 is 5.43 Å². The number of anilines is 1. The molecule has 0 bridgehead atoms. The average Bonchev–Trinajstić information content (AvgIpc) is 2.98. The van der Waals surface area contributed by atoms with Crippen molar-refractivity contribution in [1.29, 1.82) is 0 Å². The Morgan fingerprint density at radius 2 is 2.26 bits per heavy atom. The normalized spacial score (nSPS) is 11.5. The third kappa shape index (κ3) is 2.64. The Morgan fingerprint density at radius 3 is 3.05 bits per heavy atom. The number of rotatable bonds is 3. The lowest BCUT2D eigenvalue weighted by Crippen LogP contribution is -1.91. The van der Waals surface area contributed by atoms with Crippen molar-refractivity contribution in [2.75, 3.05) is 5.43 Å². The predicted octanol–water partition coefficient (Wildman–Crippen LogP) is 4.25. The number of nitrogens with zero attached hydrogens (tertiary/aromatic N) is 2. The molecule has 3 nitrogen and oxygen atoms in total. The van der Waals surface area contributed by atoms with E-state index in [0.717, 1.165) is 21.1 Å². The second-order valence-electron chi connectivity index (χ2n) is 4.00. The van der Waals surface area contributed by atoms with E-state index >= 15 is 0 Å². The molecule has 2 aromatic heterocycles. The summed E-state index contributed by atoms with van der Waals surface area (Å²) in [7, 11) is 0. The molecular formula is C13H10FN3S2. The smallest absolute Gasteiger partial charge is 0.203 e. The Morgan fingerprint density at radius 1 is 1.37 bits per heavy atom. The fraction of sp³-hybridized carbons (Fsp3) is 0.0769. The lowest BCUT2D eigenvalue weighted by Gasteiger charge is -1.97. The molecule has 0 saturated carbocycles. The van der Waals surface area contributed by atoms with E-state index < -0.39 is 0 Å². The third-order valence-corrected chi connectivity index (χ3v) is 4.27. The maximum atomic E-state index is 13.7. The van der Waals surface area contributed by atoms with E-state index in [2.05, 4.69) is 15.5 Å². The number of aryl methyl sites for hydroxylation is 1. The van der Waals surface area contributed by atoms with Crippen molar-refractivity contribution in [1.82, 2.24) is 4.98 Å². The largest absolute Gasteiger partial charge is 0.253 e. The van der Waals surface area contributed by atoms with Gasteiger partial charge in [-0.1, -0.05) is 0 Å². The van der Waals surface area contributed by atoms with Crippen molar-refractivity contribution in [2.45, 2.75) is 6.92 Å². The van der Waals surface area contributed by atoms with Crippen LogP contribution in [-0.2, 0) is 0 Å². The molecule has 0 radical (unpaired) electrons. The zero-order valence-corrected chi connectivity index (χ0v) is 11.7. The molecule has 0 saturated heterocycles. The average molecular weight is 291 g/mol. The number of hydrogen-bond acceptors (Lipinski definition) is 5. The highest BCUT2D eigenvalue weighted by atomic mass is 32.1. The van der Waals surface area contributed by atoms with Gasteiger partial charge in [-0.3, -0.25) is 5.43 Å². The van der Waals surface area contributed by atoms with E-state index in [9.17, 15) is 4.39 Å². The van der Waals surface area contributed by atoms with Crippen LogP contribution in [-0.4, -0.2) is 11.2 Å². The number of hydrogen-bond donors (Lipinski definition) is 1. The second-order valence-corrected chi connectivity index (χ2v) is 5.80. The first-order chi connectivity index (χ1) is 9.22. The monoisotopic (exact) mass is 291 g/mol. The minimum Gasteiger partial charge on any atom is -0.253 e. The molecule has 0 fully saturated rings. The van der Waals surface area contributed by atoms with Crippen LogP contribution in [0.1, 0.15) is 11.3 Å². The van der Waals surface area contributed by atoms with E-state index in [0.29, 0.717) is 5.39 Å². The highest BCUT2D eigenvalue weighted by molar-refractivity contribution is 7.17. The summed E-state index contributed by atoms with van der Waals surface area (Å²) >= 11 is 3.00. The first-order valence-electron chi connectivity index (χ1n) is 5.60. The molecule has 19 heavy (non-hydrogen) atoms. The molecule has 3 rings (SSSR count). The molecule has 1 aromatic carbocycles. The molecule has 1 N–H and O–H groups in total. The summed E-state index contributed by atoms with van der Waals surface area (Å²) in [5, 5.41) is 9.27. The highest BCUT2D eigenvalue weighted by Gasteiger charge is 2.03. The quantitative estimate of drug-likeness (QED) is 0.578. The van der Waals surface area contributed by atoms with Crippen LogP contribution in [0.15, 0.2) is 34.1 Å². The number of thiazole rings is 1. The number of halogens is 1. The topological polar surface area (TPSA) is 37.3 Å². The van der Waals surface area contributed by atoms with E-state index in [1.165, 1.54) is 28.7 Å². The van der Waals surface area contributed by atoms with E-state index in [4.69, 9.17) is 0 Å². The van der Waals surface area contributed by atoms with Crippen LogP contribution in [0.2, 0.25) is 0 Å². The summed E-state index contributed by atoms with van der Waals surface area (Å²) in [4.78, 5) is 4.22. The third-order valence-electron chi connectivity index (χ3n) is 2.54. The number of thiophene rings is 1. The molecule has 96 valence electrons. The maximum Gasteiger partial charge on any atom is 0.203 e. The van der Waals surface area contributed by atoms with Crippen LogP contribution in [0.3, 0.4) is 0 Å². The lowest BCUT2D eigenvalue weighted by molar-refractivity contribution is 0.640. The van der Waals surface area contributed by atoms with Gasteiger partial charge in [0.2, 0.25) is 5.13 Å². The molecular weight excluding hydrogens is 281 g/mol. The highest BCUT2D eigenvalue weighted by Crippen LogP contribution is 2.24. The number of fused-ring (bicyclic) bond motifs is 1. The Bertz CT molecular complexity index is 745. The van der Waals surface area contributed by atoms with E-state index in [-0.39, 0.29) is 5.82 Å². The molecule has 0 atom stereocenters. The molecule has 0 aliphatic rings. The van der Waals surface area contributed by atoms with Gasteiger partial charge in [0.25, 0.3) is 0 Å². The number of benzene rings is 1. The number of hydrazone groups is 1. The molecule has 0 unspecified atom stereocenters. The van der Waals surface area contributed by atoms with Gasteiger partial charge in [-0.2, -0.15) is 5.10 Å². The molecule has 3 aromatic rings. The standard InChI is InChI=1S/C13H10FN3S2/c1-8-7-19-13(16-8)17-15-6-9-4-11(14)10-2-3-18-12(10)5-9/h2-7H,1H3,(H,16,17). The van der Waals surface area contributed by atoms with Crippen LogP contribution in [0.5, 0.6) is 0 Å². The van der Waals surface area contributed by atoms with E-state index in [1.54, 1.807) is 12.3 Å². The number of aromatic nitrogens is 1. The molecule has 2 heterocycles. The fourth-order valence-corrected chi connectivity index (χ4v) is 3.17. The Balaban J connectivity index is 1.80. The minimum atomic E-state index is -0.217. The van der Waals surface area contributed by atoms with Crippen molar-refractivity contribution in [3.63, 3.8) is 0 Å². The Labute approximate surface area is 117 Å². The van der Waals surface area contributed by atoms with Crippen LogP contribution in [0.4, 0.5) is 9.52 Å². The molecule has 6 heteroatoms. The number of nitrogens with one attached hydrogen (secondary N) is 1. The zero-order valence-electron chi connectivity index (χ0n) is 10.1. The molecule has 0 spiro atoms. The van der Waals surface area contributed by atoms with Gasteiger partial charge in [0.1, 0.15) is 5.82 Å². The van der Waals surface area contributed by atoms with Crippen LogP contribution in [0, 0.1) is 12.7 Å². The van der Waals surface area contributed by atoms with Crippen LogP contribution >= 0.6 is 22.7 Å². The van der Waals surface area contributed by atoms with Crippen molar-refractivity contribution in [2.24, 2.45) is 5.10 Å². The van der Waals surface area contributed by atoms with E-state index in [1.807, 2.05) is 23.8 Å². The first-order valence-corrected chi connectivity index (χ1v) is 7.36. The summed E-state index contributed by atoms with van der Waals surface area (Å²) < 4.78 is 14.7. The fourth-order valence-electron chi connectivity index (χ4n) is 1.69. The van der Waals surface area contributed by atoms with Gasteiger partial charge < -0.3 is 0 Å². The van der Waals surface area contributed by atoms with Crippen molar-refractivity contribution in [3.8, 4) is 0 Å². The summed E-state index contributed by atoms with van der Waals surface area (Å²) in [6.07, 6.45) is 1.60. The van der Waals surface area contributed by atoms with Gasteiger partial charge in [-0.25, -0.2) is 9.37 Å². The second kappa shape index (κ2) is 5.07. The van der Waals surface area contributed by atoms with Gasteiger partial charge >= 0.3 is 0 Å².